The third-order valence-electron chi connectivity index (χ3n) is 4.67. The summed E-state index contributed by atoms with van der Waals surface area (Å²) in [6.07, 6.45) is 1.64. The van der Waals surface area contributed by atoms with Gasteiger partial charge in [0.2, 0.25) is 0 Å². The van der Waals surface area contributed by atoms with Crippen LogP contribution in [-0.4, -0.2) is 46.0 Å². The van der Waals surface area contributed by atoms with Crippen LogP contribution in [-0.2, 0) is 0 Å². The summed E-state index contributed by atoms with van der Waals surface area (Å²) < 4.78 is 1.73. The first kappa shape index (κ1) is 14.0. The van der Waals surface area contributed by atoms with Gasteiger partial charge in [0.1, 0.15) is 12.1 Å². The van der Waals surface area contributed by atoms with Crippen LogP contribution in [0.2, 0.25) is 0 Å². The molecule has 118 valence electrons. The number of aromatic nitrogens is 4. The summed E-state index contributed by atoms with van der Waals surface area (Å²) in [6.45, 7) is 8.33. The van der Waals surface area contributed by atoms with E-state index < -0.39 is 0 Å². The molecule has 4 rings (SSSR count). The molecule has 0 amide bonds. The number of nitrogens with zero attached hydrogens (tertiary/aromatic N) is 6. The number of hydrogen-bond acceptors (Lipinski definition) is 5. The minimum atomic E-state index is 0.780. The molecule has 1 aliphatic heterocycles. The van der Waals surface area contributed by atoms with Crippen molar-refractivity contribution < 1.29 is 0 Å². The number of rotatable bonds is 2. The van der Waals surface area contributed by atoms with Crippen LogP contribution in [0.25, 0.3) is 5.65 Å². The van der Waals surface area contributed by atoms with Crippen molar-refractivity contribution in [1.82, 2.24) is 19.8 Å². The summed E-state index contributed by atoms with van der Waals surface area (Å²) >= 11 is 0. The van der Waals surface area contributed by atoms with Crippen molar-refractivity contribution in [3.05, 3.63) is 47.8 Å². The van der Waals surface area contributed by atoms with Gasteiger partial charge in [-0.05, 0) is 43.2 Å². The fraction of sp³-hybridized carbons (Fsp3) is 0.353. The van der Waals surface area contributed by atoms with E-state index >= 15 is 0 Å². The molecule has 0 spiro atoms. The van der Waals surface area contributed by atoms with Gasteiger partial charge in [0, 0.05) is 31.9 Å². The molecule has 3 aromatic rings. The Bertz CT molecular complexity index is 832. The highest BCUT2D eigenvalue weighted by atomic mass is 15.4. The molecule has 0 saturated carbocycles. The Morgan fingerprint density at radius 2 is 1.70 bits per heavy atom. The first-order valence-corrected chi connectivity index (χ1v) is 7.95. The molecule has 1 saturated heterocycles. The standard InChI is InChI=1S/C17H20N6/c1-13-4-3-5-15(14(13)2)21-8-10-22(11-9-21)17-7-6-16-19-18-12-23(16)20-17/h3-7,12H,8-11H2,1-2H3. The number of benzene rings is 1. The molecular formula is C17H20N6. The summed E-state index contributed by atoms with van der Waals surface area (Å²) in [5.41, 5.74) is 4.87. The van der Waals surface area contributed by atoms with E-state index in [9.17, 15) is 0 Å². The van der Waals surface area contributed by atoms with Gasteiger partial charge in [0.15, 0.2) is 5.65 Å². The molecule has 0 atom stereocenters. The number of fused-ring (bicyclic) bond motifs is 1. The lowest BCUT2D eigenvalue weighted by Gasteiger charge is -2.37. The van der Waals surface area contributed by atoms with E-state index in [4.69, 9.17) is 0 Å². The SMILES string of the molecule is Cc1cccc(N2CCN(c3ccc4nncn4n3)CC2)c1C. The van der Waals surface area contributed by atoms with Crippen molar-refractivity contribution in [1.29, 1.82) is 0 Å². The second-order valence-corrected chi connectivity index (χ2v) is 6.02. The average molecular weight is 308 g/mol. The lowest BCUT2D eigenvalue weighted by atomic mass is 10.1. The van der Waals surface area contributed by atoms with Gasteiger partial charge in [-0.3, -0.25) is 0 Å². The molecule has 23 heavy (non-hydrogen) atoms. The second-order valence-electron chi connectivity index (χ2n) is 6.02. The quantitative estimate of drug-likeness (QED) is 0.725. The smallest absolute Gasteiger partial charge is 0.177 e. The molecule has 1 fully saturated rings. The van der Waals surface area contributed by atoms with E-state index in [0.717, 1.165) is 37.6 Å². The van der Waals surface area contributed by atoms with Gasteiger partial charge in [0.25, 0.3) is 0 Å². The molecule has 6 heteroatoms. The number of piperazine rings is 1. The van der Waals surface area contributed by atoms with Gasteiger partial charge in [-0.15, -0.1) is 15.3 Å². The van der Waals surface area contributed by atoms with Gasteiger partial charge >= 0.3 is 0 Å². The lowest BCUT2D eigenvalue weighted by molar-refractivity contribution is 0.640. The topological polar surface area (TPSA) is 49.6 Å². The van der Waals surface area contributed by atoms with Crippen LogP contribution in [0.1, 0.15) is 11.1 Å². The molecule has 1 aliphatic rings. The maximum atomic E-state index is 4.59. The first-order chi connectivity index (χ1) is 11.2. The van der Waals surface area contributed by atoms with Crippen LogP contribution in [0.15, 0.2) is 36.7 Å². The van der Waals surface area contributed by atoms with Gasteiger partial charge in [0.05, 0.1) is 0 Å². The predicted molar refractivity (Wildman–Crippen MR) is 91.1 cm³/mol. The largest absolute Gasteiger partial charge is 0.368 e. The molecule has 1 aromatic carbocycles. The van der Waals surface area contributed by atoms with Crippen LogP contribution >= 0.6 is 0 Å². The van der Waals surface area contributed by atoms with Crippen LogP contribution in [0.3, 0.4) is 0 Å². The maximum absolute atomic E-state index is 4.59. The van der Waals surface area contributed by atoms with E-state index in [1.54, 1.807) is 10.8 Å². The third kappa shape index (κ3) is 2.50. The highest BCUT2D eigenvalue weighted by Gasteiger charge is 2.20. The number of hydrogen-bond donors (Lipinski definition) is 0. The molecule has 0 radical (unpaired) electrons. The summed E-state index contributed by atoms with van der Waals surface area (Å²) in [7, 11) is 0. The van der Waals surface area contributed by atoms with Gasteiger partial charge in [-0.2, -0.15) is 4.52 Å². The number of anilines is 2. The Hall–Kier alpha value is -2.63. The minimum Gasteiger partial charge on any atom is -0.368 e. The molecule has 0 unspecified atom stereocenters. The molecule has 0 aliphatic carbocycles. The van der Waals surface area contributed by atoms with Crippen LogP contribution in [0, 0.1) is 13.8 Å². The van der Waals surface area contributed by atoms with E-state index in [-0.39, 0.29) is 0 Å². The zero-order valence-corrected chi connectivity index (χ0v) is 13.5. The third-order valence-corrected chi connectivity index (χ3v) is 4.67. The highest BCUT2D eigenvalue weighted by molar-refractivity contribution is 5.57. The average Bonchev–Trinajstić information content (AvgIpc) is 3.05. The summed E-state index contributed by atoms with van der Waals surface area (Å²) in [5.74, 6) is 0.984. The monoisotopic (exact) mass is 308 g/mol. The zero-order chi connectivity index (χ0) is 15.8. The highest BCUT2D eigenvalue weighted by Crippen LogP contribution is 2.24. The second kappa shape index (κ2) is 5.53. The van der Waals surface area contributed by atoms with Crippen molar-refractivity contribution in [3.8, 4) is 0 Å². The van der Waals surface area contributed by atoms with Crippen molar-refractivity contribution >= 4 is 17.2 Å². The Morgan fingerprint density at radius 3 is 2.52 bits per heavy atom. The minimum absolute atomic E-state index is 0.780. The fourth-order valence-corrected chi connectivity index (χ4v) is 3.14. The molecule has 0 bridgehead atoms. The lowest BCUT2D eigenvalue weighted by Crippen LogP contribution is -2.47. The molecule has 3 heterocycles. The van der Waals surface area contributed by atoms with E-state index in [1.165, 1.54) is 16.8 Å². The normalized spacial score (nSPS) is 15.4. The molecule has 0 N–H and O–H groups in total. The Morgan fingerprint density at radius 1 is 0.913 bits per heavy atom. The summed E-state index contributed by atoms with van der Waals surface area (Å²) in [4.78, 5) is 4.79. The van der Waals surface area contributed by atoms with Crippen LogP contribution < -0.4 is 9.80 Å². The van der Waals surface area contributed by atoms with Gasteiger partial charge in [-0.25, -0.2) is 0 Å². The molecule has 6 nitrogen and oxygen atoms in total. The fourth-order valence-electron chi connectivity index (χ4n) is 3.14. The Balaban J connectivity index is 1.51. The van der Waals surface area contributed by atoms with E-state index in [1.807, 2.05) is 12.1 Å². The van der Waals surface area contributed by atoms with Crippen LogP contribution in [0.4, 0.5) is 11.5 Å². The summed E-state index contributed by atoms with van der Waals surface area (Å²) in [6, 6.07) is 10.5. The van der Waals surface area contributed by atoms with Gasteiger partial charge < -0.3 is 9.80 Å². The Kier molecular flexibility index (Phi) is 3.37. The van der Waals surface area contributed by atoms with Gasteiger partial charge in [-0.1, -0.05) is 12.1 Å². The van der Waals surface area contributed by atoms with E-state index in [2.05, 4.69) is 57.1 Å². The van der Waals surface area contributed by atoms with Crippen molar-refractivity contribution in [2.24, 2.45) is 0 Å². The van der Waals surface area contributed by atoms with Crippen molar-refractivity contribution in [2.45, 2.75) is 13.8 Å². The van der Waals surface area contributed by atoms with Crippen molar-refractivity contribution in [3.63, 3.8) is 0 Å². The Labute approximate surface area is 135 Å². The van der Waals surface area contributed by atoms with E-state index in [0.29, 0.717) is 0 Å². The number of aryl methyl sites for hydroxylation is 1. The van der Waals surface area contributed by atoms with Crippen LogP contribution in [0.5, 0.6) is 0 Å². The predicted octanol–water partition coefficient (Wildman–Crippen LogP) is 2.07. The first-order valence-electron chi connectivity index (χ1n) is 7.95. The summed E-state index contributed by atoms with van der Waals surface area (Å²) in [5, 5.41) is 12.5. The maximum Gasteiger partial charge on any atom is 0.177 e. The molecular weight excluding hydrogens is 288 g/mol. The molecule has 2 aromatic heterocycles. The van der Waals surface area contributed by atoms with Crippen molar-refractivity contribution in [2.75, 3.05) is 36.0 Å². The zero-order valence-electron chi connectivity index (χ0n) is 13.5.